The first-order chi connectivity index (χ1) is 5.46. The number of halogens is 1. The second-order valence-corrected chi connectivity index (χ2v) is 5.41. The summed E-state index contributed by atoms with van der Waals surface area (Å²) >= 11 is 5.68. The molecule has 1 rings (SSSR count). The lowest BCUT2D eigenvalue weighted by atomic mass is 10.1. The van der Waals surface area contributed by atoms with Crippen molar-refractivity contribution in [2.24, 2.45) is 0 Å². The van der Waals surface area contributed by atoms with Gasteiger partial charge in [-0.1, -0.05) is 18.5 Å². The predicted octanol–water partition coefficient (Wildman–Crippen LogP) is 0.679. The van der Waals surface area contributed by atoms with Crippen molar-refractivity contribution < 1.29 is 13.5 Å². The van der Waals surface area contributed by atoms with Crippen molar-refractivity contribution in [1.29, 1.82) is 0 Å². The second-order valence-electron chi connectivity index (χ2n) is 2.89. The van der Waals surface area contributed by atoms with Crippen molar-refractivity contribution >= 4 is 21.4 Å². The van der Waals surface area contributed by atoms with Gasteiger partial charge in [0.2, 0.25) is 0 Å². The van der Waals surface area contributed by atoms with E-state index in [0.29, 0.717) is 17.0 Å². The van der Waals surface area contributed by atoms with E-state index >= 15 is 0 Å². The van der Waals surface area contributed by atoms with E-state index in [1.807, 2.05) is 0 Å². The Hall–Kier alpha value is -0.0600. The van der Waals surface area contributed by atoms with E-state index in [4.69, 9.17) is 11.6 Å². The third kappa shape index (κ3) is 2.00. The van der Waals surface area contributed by atoms with Crippen LogP contribution < -0.4 is 0 Å². The molecule has 12 heavy (non-hydrogen) atoms. The van der Waals surface area contributed by atoms with E-state index in [9.17, 15) is 13.5 Å². The van der Waals surface area contributed by atoms with Gasteiger partial charge in [0.1, 0.15) is 0 Å². The van der Waals surface area contributed by atoms with Crippen LogP contribution in [0.25, 0.3) is 0 Å². The van der Waals surface area contributed by atoms with Gasteiger partial charge in [-0.15, -0.1) is 0 Å². The molecule has 0 spiro atoms. The molecule has 0 saturated carbocycles. The molecular weight excluding hydrogens is 200 g/mol. The van der Waals surface area contributed by atoms with Crippen LogP contribution in [-0.2, 0) is 9.84 Å². The lowest BCUT2D eigenvalue weighted by molar-refractivity contribution is 0.207. The van der Waals surface area contributed by atoms with Gasteiger partial charge in [0.05, 0.1) is 17.6 Å². The van der Waals surface area contributed by atoms with Gasteiger partial charge in [-0.3, -0.25) is 0 Å². The van der Waals surface area contributed by atoms with Gasteiger partial charge >= 0.3 is 0 Å². The van der Waals surface area contributed by atoms with Crippen LogP contribution in [0.4, 0.5) is 0 Å². The van der Waals surface area contributed by atoms with E-state index in [0.717, 1.165) is 0 Å². The minimum Gasteiger partial charge on any atom is -0.389 e. The van der Waals surface area contributed by atoms with Crippen molar-refractivity contribution in [1.82, 2.24) is 0 Å². The normalized spacial score (nSPS) is 24.6. The summed E-state index contributed by atoms with van der Waals surface area (Å²) in [5.74, 6) is -0.193. The Labute approximate surface area is 77.0 Å². The van der Waals surface area contributed by atoms with Gasteiger partial charge in [-0.2, -0.15) is 0 Å². The lowest BCUT2D eigenvalue weighted by Gasteiger charge is -2.07. The van der Waals surface area contributed by atoms with Crippen molar-refractivity contribution in [3.8, 4) is 0 Å². The van der Waals surface area contributed by atoms with Crippen LogP contribution in [0, 0.1) is 0 Å². The number of hydrogen-bond acceptors (Lipinski definition) is 3. The van der Waals surface area contributed by atoms with Crippen LogP contribution in [0.5, 0.6) is 0 Å². The fourth-order valence-corrected chi connectivity index (χ4v) is 3.46. The van der Waals surface area contributed by atoms with Crippen LogP contribution in [0.3, 0.4) is 0 Å². The van der Waals surface area contributed by atoms with E-state index in [-0.39, 0.29) is 11.5 Å². The van der Waals surface area contributed by atoms with E-state index in [1.165, 1.54) is 0 Å². The minimum atomic E-state index is -3.07. The number of hydrogen-bond donors (Lipinski definition) is 1. The molecule has 3 nitrogen and oxygen atoms in total. The number of aliphatic hydroxyl groups excluding tert-OH is 1. The predicted molar refractivity (Wildman–Crippen MR) is 47.8 cm³/mol. The fraction of sp³-hybridized carbons (Fsp3) is 0.714. The highest BCUT2D eigenvalue weighted by Crippen LogP contribution is 2.26. The summed E-state index contributed by atoms with van der Waals surface area (Å²) in [4.78, 5) is 0. The maximum atomic E-state index is 11.0. The standard InChI is InChI=1S/C7H11ClO3S/c1-2-7(9)5-3-12(10,11)4-6(5)8/h7,9H,2-4H2,1H3. The van der Waals surface area contributed by atoms with Gasteiger partial charge in [-0.05, 0) is 12.0 Å². The third-order valence-corrected chi connectivity index (χ3v) is 3.87. The Morgan fingerprint density at radius 3 is 2.50 bits per heavy atom. The smallest absolute Gasteiger partial charge is 0.159 e. The Balaban J connectivity index is 2.87. The molecule has 0 aliphatic carbocycles. The maximum absolute atomic E-state index is 11.0. The summed E-state index contributed by atoms with van der Waals surface area (Å²) in [7, 11) is -3.07. The highest BCUT2D eigenvalue weighted by Gasteiger charge is 2.29. The molecule has 1 heterocycles. The van der Waals surface area contributed by atoms with Crippen LogP contribution >= 0.6 is 11.6 Å². The molecule has 1 atom stereocenters. The molecule has 0 radical (unpaired) electrons. The summed E-state index contributed by atoms with van der Waals surface area (Å²) in [5, 5.41) is 9.65. The first-order valence-corrected chi connectivity index (χ1v) is 5.92. The average Bonchev–Trinajstić information content (AvgIpc) is 2.23. The molecule has 1 aliphatic heterocycles. The van der Waals surface area contributed by atoms with E-state index in [1.54, 1.807) is 6.92 Å². The van der Waals surface area contributed by atoms with Gasteiger partial charge < -0.3 is 5.11 Å². The first kappa shape index (κ1) is 10.0. The monoisotopic (exact) mass is 210 g/mol. The molecule has 0 aromatic heterocycles. The Kier molecular flexibility index (Phi) is 2.81. The summed E-state index contributed by atoms with van der Waals surface area (Å²) in [5.41, 5.74) is 0.471. The molecule has 70 valence electrons. The summed E-state index contributed by atoms with van der Waals surface area (Å²) in [6, 6.07) is 0. The Bertz CT molecular complexity index is 305. The van der Waals surface area contributed by atoms with Crippen molar-refractivity contribution in [2.45, 2.75) is 19.4 Å². The molecule has 0 aromatic rings. The maximum Gasteiger partial charge on any atom is 0.159 e. The number of sulfone groups is 1. The molecule has 1 N–H and O–H groups in total. The van der Waals surface area contributed by atoms with Crippen LogP contribution in [0.1, 0.15) is 13.3 Å². The van der Waals surface area contributed by atoms with Gasteiger partial charge in [-0.25, -0.2) is 8.42 Å². The van der Waals surface area contributed by atoms with Crippen molar-refractivity contribution in [3.05, 3.63) is 10.6 Å². The topological polar surface area (TPSA) is 54.4 Å². The van der Waals surface area contributed by atoms with Crippen LogP contribution in [0.15, 0.2) is 10.6 Å². The van der Waals surface area contributed by atoms with Crippen molar-refractivity contribution in [3.63, 3.8) is 0 Å². The average molecular weight is 211 g/mol. The zero-order chi connectivity index (χ0) is 9.35. The zero-order valence-electron chi connectivity index (χ0n) is 6.75. The number of rotatable bonds is 2. The molecule has 1 aliphatic rings. The zero-order valence-corrected chi connectivity index (χ0v) is 8.32. The van der Waals surface area contributed by atoms with Gasteiger partial charge in [0.25, 0.3) is 0 Å². The summed E-state index contributed by atoms with van der Waals surface area (Å²) < 4.78 is 22.1. The SMILES string of the molecule is CCC(O)C1=C(Cl)CS(=O)(=O)C1. The fourth-order valence-electron chi connectivity index (χ4n) is 1.18. The third-order valence-electron chi connectivity index (χ3n) is 1.86. The molecular formula is C7H11ClO3S. The quantitative estimate of drug-likeness (QED) is 0.729. The van der Waals surface area contributed by atoms with Gasteiger partial charge in [0, 0.05) is 5.03 Å². The van der Waals surface area contributed by atoms with E-state index in [2.05, 4.69) is 0 Å². The highest BCUT2D eigenvalue weighted by molar-refractivity contribution is 7.92. The Morgan fingerprint density at radius 1 is 1.58 bits per heavy atom. The number of aliphatic hydroxyl groups is 1. The van der Waals surface area contributed by atoms with E-state index < -0.39 is 15.9 Å². The first-order valence-electron chi connectivity index (χ1n) is 3.72. The molecule has 5 heteroatoms. The highest BCUT2D eigenvalue weighted by atomic mass is 35.5. The van der Waals surface area contributed by atoms with Gasteiger partial charge in [0.15, 0.2) is 9.84 Å². The van der Waals surface area contributed by atoms with Crippen LogP contribution in [-0.4, -0.2) is 31.1 Å². The largest absolute Gasteiger partial charge is 0.389 e. The molecule has 0 fully saturated rings. The lowest BCUT2D eigenvalue weighted by Crippen LogP contribution is -2.12. The minimum absolute atomic E-state index is 0.0825. The molecule has 1 unspecified atom stereocenters. The second kappa shape index (κ2) is 3.36. The molecule has 0 aromatic carbocycles. The summed E-state index contributed by atoms with van der Waals surface area (Å²) in [6.45, 7) is 1.78. The van der Waals surface area contributed by atoms with Crippen molar-refractivity contribution in [2.75, 3.05) is 11.5 Å². The Morgan fingerprint density at radius 2 is 2.17 bits per heavy atom. The molecule has 0 bridgehead atoms. The molecule has 0 amide bonds. The van der Waals surface area contributed by atoms with Crippen LogP contribution in [0.2, 0.25) is 0 Å². The molecule has 0 saturated heterocycles. The summed E-state index contributed by atoms with van der Waals surface area (Å²) in [6.07, 6.45) is -0.198.